The number of benzene rings is 2. The number of amides is 1. The molecule has 2 aromatic carbocycles. The van der Waals surface area contributed by atoms with Gasteiger partial charge < -0.3 is 5.32 Å². The summed E-state index contributed by atoms with van der Waals surface area (Å²) in [5, 5.41) is 4.01. The average Bonchev–Trinajstić information content (AvgIpc) is 2.86. The van der Waals surface area contributed by atoms with Crippen LogP contribution in [0.25, 0.3) is 22.3 Å². The van der Waals surface area contributed by atoms with Crippen LogP contribution < -0.4 is 5.32 Å². The number of fused-ring (bicyclic) bond motifs is 2. The normalized spacial score (nSPS) is 13.6. The summed E-state index contributed by atoms with van der Waals surface area (Å²) in [6, 6.07) is 22.3. The van der Waals surface area contributed by atoms with Crippen molar-refractivity contribution in [2.24, 2.45) is 0 Å². The Bertz CT molecular complexity index is 1290. The number of pyridine rings is 2. The van der Waals surface area contributed by atoms with E-state index in [0.29, 0.717) is 17.8 Å². The minimum atomic E-state index is -0.0610. The summed E-state index contributed by atoms with van der Waals surface area (Å²) in [5.41, 5.74) is 6.93. The predicted octanol–water partition coefficient (Wildman–Crippen LogP) is 4.78. The Kier molecular flexibility index (Phi) is 6.13. The maximum absolute atomic E-state index is 13.2. The molecular weight excluding hydrogens is 408 g/mol. The average molecular weight is 437 g/mol. The fourth-order valence-electron chi connectivity index (χ4n) is 4.52. The van der Waals surface area contributed by atoms with Crippen LogP contribution in [0, 0.1) is 6.92 Å². The highest BCUT2D eigenvalue weighted by molar-refractivity contribution is 6.07. The van der Waals surface area contributed by atoms with Gasteiger partial charge in [-0.05, 0) is 61.2 Å². The molecule has 1 aliphatic heterocycles. The third kappa shape index (κ3) is 4.78. The lowest BCUT2D eigenvalue weighted by Gasteiger charge is -2.28. The number of carbonyl (C=O) groups is 1. The van der Waals surface area contributed by atoms with Crippen molar-refractivity contribution in [3.63, 3.8) is 0 Å². The number of hydrogen-bond acceptors (Lipinski definition) is 4. The smallest absolute Gasteiger partial charge is 0.252 e. The van der Waals surface area contributed by atoms with Gasteiger partial charge >= 0.3 is 0 Å². The zero-order valence-corrected chi connectivity index (χ0v) is 18.9. The monoisotopic (exact) mass is 436 g/mol. The first-order chi connectivity index (χ1) is 16.2. The van der Waals surface area contributed by atoms with Crippen LogP contribution in [0.5, 0.6) is 0 Å². The molecule has 0 atom stereocenters. The van der Waals surface area contributed by atoms with E-state index in [4.69, 9.17) is 4.98 Å². The SMILES string of the molecule is Cc1ccc2nc(-c3ccccn3)cc(C(=O)NCCCN3CCc4ccccc4C3)c2c1. The van der Waals surface area contributed by atoms with Crippen LogP contribution in [0.2, 0.25) is 0 Å². The molecule has 0 aliphatic carbocycles. The van der Waals surface area contributed by atoms with Crippen molar-refractivity contribution in [3.8, 4) is 11.4 Å². The molecule has 3 heterocycles. The predicted molar refractivity (Wildman–Crippen MR) is 132 cm³/mol. The minimum Gasteiger partial charge on any atom is -0.352 e. The first-order valence-electron chi connectivity index (χ1n) is 11.6. The van der Waals surface area contributed by atoms with Crippen LogP contribution in [-0.2, 0) is 13.0 Å². The topological polar surface area (TPSA) is 58.1 Å². The van der Waals surface area contributed by atoms with E-state index in [1.54, 1.807) is 6.20 Å². The molecule has 0 saturated carbocycles. The van der Waals surface area contributed by atoms with Crippen LogP contribution in [0.15, 0.2) is 72.9 Å². The molecule has 166 valence electrons. The Hall–Kier alpha value is -3.57. The maximum atomic E-state index is 13.2. The van der Waals surface area contributed by atoms with Crippen molar-refractivity contribution in [2.75, 3.05) is 19.6 Å². The molecule has 5 nitrogen and oxygen atoms in total. The van der Waals surface area contributed by atoms with Crippen molar-refractivity contribution in [1.82, 2.24) is 20.2 Å². The molecule has 0 bridgehead atoms. The van der Waals surface area contributed by atoms with Crippen molar-refractivity contribution in [1.29, 1.82) is 0 Å². The van der Waals surface area contributed by atoms with Crippen LogP contribution in [0.3, 0.4) is 0 Å². The van der Waals surface area contributed by atoms with E-state index >= 15 is 0 Å². The van der Waals surface area contributed by atoms with E-state index in [-0.39, 0.29) is 5.91 Å². The van der Waals surface area contributed by atoms with Gasteiger partial charge in [0, 0.05) is 37.8 Å². The third-order valence-electron chi connectivity index (χ3n) is 6.28. The number of hydrogen-bond donors (Lipinski definition) is 1. The lowest BCUT2D eigenvalue weighted by Crippen LogP contribution is -2.33. The maximum Gasteiger partial charge on any atom is 0.252 e. The first-order valence-corrected chi connectivity index (χ1v) is 11.6. The second kappa shape index (κ2) is 9.51. The van der Waals surface area contributed by atoms with Gasteiger partial charge in [-0.2, -0.15) is 0 Å². The van der Waals surface area contributed by atoms with Gasteiger partial charge in [0.15, 0.2) is 0 Å². The molecule has 1 aliphatic rings. The number of carbonyl (C=O) groups excluding carboxylic acids is 1. The molecule has 0 saturated heterocycles. The summed E-state index contributed by atoms with van der Waals surface area (Å²) in [6.07, 6.45) is 3.76. The third-order valence-corrected chi connectivity index (χ3v) is 6.28. The fraction of sp³-hybridized carbons (Fsp3) is 0.250. The van der Waals surface area contributed by atoms with E-state index in [1.165, 1.54) is 11.1 Å². The molecule has 4 aromatic rings. The number of aromatic nitrogens is 2. The Morgan fingerprint density at radius 3 is 2.70 bits per heavy atom. The van der Waals surface area contributed by atoms with Crippen LogP contribution in [0.4, 0.5) is 0 Å². The van der Waals surface area contributed by atoms with Crippen LogP contribution in [-0.4, -0.2) is 40.4 Å². The highest BCUT2D eigenvalue weighted by atomic mass is 16.1. The molecule has 5 heteroatoms. The van der Waals surface area contributed by atoms with Crippen molar-refractivity contribution < 1.29 is 4.79 Å². The lowest BCUT2D eigenvalue weighted by atomic mass is 10.00. The van der Waals surface area contributed by atoms with Crippen LogP contribution in [0.1, 0.15) is 33.5 Å². The Morgan fingerprint density at radius 1 is 1.00 bits per heavy atom. The first kappa shape index (κ1) is 21.3. The highest BCUT2D eigenvalue weighted by Gasteiger charge is 2.17. The largest absolute Gasteiger partial charge is 0.352 e. The number of nitrogens with one attached hydrogen (secondary N) is 1. The van der Waals surface area contributed by atoms with E-state index < -0.39 is 0 Å². The Balaban J connectivity index is 1.27. The molecule has 33 heavy (non-hydrogen) atoms. The van der Waals surface area contributed by atoms with Crippen molar-refractivity contribution in [2.45, 2.75) is 26.3 Å². The summed E-state index contributed by atoms with van der Waals surface area (Å²) >= 11 is 0. The zero-order valence-electron chi connectivity index (χ0n) is 18.9. The van der Waals surface area contributed by atoms with Gasteiger partial charge in [-0.1, -0.05) is 42.0 Å². The van der Waals surface area contributed by atoms with Crippen LogP contribution >= 0.6 is 0 Å². The van der Waals surface area contributed by atoms with E-state index in [9.17, 15) is 4.79 Å². The van der Waals surface area contributed by atoms with Gasteiger partial charge in [0.25, 0.3) is 5.91 Å². The highest BCUT2D eigenvalue weighted by Crippen LogP contribution is 2.25. The molecule has 0 spiro atoms. The fourth-order valence-corrected chi connectivity index (χ4v) is 4.52. The number of aryl methyl sites for hydroxylation is 1. The lowest BCUT2D eigenvalue weighted by molar-refractivity contribution is 0.0953. The van der Waals surface area contributed by atoms with E-state index in [0.717, 1.165) is 54.6 Å². The number of nitrogens with zero attached hydrogens (tertiary/aromatic N) is 3. The second-order valence-corrected chi connectivity index (χ2v) is 8.69. The summed E-state index contributed by atoms with van der Waals surface area (Å²) < 4.78 is 0. The molecule has 0 fully saturated rings. The van der Waals surface area contributed by atoms with Gasteiger partial charge in [0.05, 0.1) is 22.5 Å². The molecule has 0 unspecified atom stereocenters. The molecule has 1 amide bonds. The van der Waals surface area contributed by atoms with Crippen molar-refractivity contribution >= 4 is 16.8 Å². The minimum absolute atomic E-state index is 0.0610. The van der Waals surface area contributed by atoms with E-state index in [1.807, 2.05) is 49.4 Å². The molecule has 5 rings (SSSR count). The van der Waals surface area contributed by atoms with E-state index in [2.05, 4.69) is 39.5 Å². The number of rotatable bonds is 6. The molecule has 1 N–H and O–H groups in total. The molecule has 2 aromatic heterocycles. The summed E-state index contributed by atoms with van der Waals surface area (Å²) in [6.45, 7) is 5.72. The summed E-state index contributed by atoms with van der Waals surface area (Å²) in [5.74, 6) is -0.0610. The second-order valence-electron chi connectivity index (χ2n) is 8.69. The summed E-state index contributed by atoms with van der Waals surface area (Å²) in [4.78, 5) is 24.8. The Labute approximate surface area is 194 Å². The Morgan fingerprint density at radius 2 is 1.85 bits per heavy atom. The standard InChI is InChI=1S/C28H28N4O/c1-20-10-11-25-23(17-20)24(18-27(31-25)26-9-4-5-13-29-26)28(33)30-14-6-15-32-16-12-21-7-2-3-8-22(21)19-32/h2-5,7-11,13,17-18H,6,12,14-16,19H2,1H3,(H,30,33). The van der Waals surface area contributed by atoms with Gasteiger partial charge in [-0.15, -0.1) is 0 Å². The molecule has 0 radical (unpaired) electrons. The van der Waals surface area contributed by atoms with Gasteiger partial charge in [-0.3, -0.25) is 14.7 Å². The van der Waals surface area contributed by atoms with Gasteiger partial charge in [0.1, 0.15) is 0 Å². The quantitative estimate of drug-likeness (QED) is 0.442. The van der Waals surface area contributed by atoms with Gasteiger partial charge in [0.2, 0.25) is 0 Å². The summed E-state index contributed by atoms with van der Waals surface area (Å²) in [7, 11) is 0. The van der Waals surface area contributed by atoms with Crippen molar-refractivity contribution in [3.05, 3.63) is 95.2 Å². The molecular formula is C28H28N4O. The zero-order chi connectivity index (χ0) is 22.6. The van der Waals surface area contributed by atoms with Gasteiger partial charge in [-0.25, -0.2) is 4.98 Å².